The minimum absolute atomic E-state index is 0.0389. The monoisotopic (exact) mass is 256 g/mol. The first-order chi connectivity index (χ1) is 9.08. The fraction of sp³-hybridized carbons (Fsp3) is 0.471. The molecule has 0 saturated heterocycles. The number of benzene rings is 1. The number of fused-ring (bicyclic) bond motifs is 1. The SMILES string of the molecule is CC1(C)CCCCC1/C=C1\Oc2ccccc2C1=O. The van der Waals surface area contributed by atoms with Gasteiger partial charge in [0.2, 0.25) is 5.78 Å². The van der Waals surface area contributed by atoms with Crippen molar-refractivity contribution < 1.29 is 9.53 Å². The number of allylic oxidation sites excluding steroid dienone is 2. The van der Waals surface area contributed by atoms with Crippen molar-refractivity contribution in [1.82, 2.24) is 0 Å². The van der Waals surface area contributed by atoms with Crippen molar-refractivity contribution in [2.75, 3.05) is 0 Å². The molecule has 100 valence electrons. The van der Waals surface area contributed by atoms with Gasteiger partial charge in [-0.25, -0.2) is 0 Å². The second-order valence-electron chi connectivity index (χ2n) is 6.30. The Morgan fingerprint density at radius 3 is 2.79 bits per heavy atom. The molecule has 1 aliphatic carbocycles. The van der Waals surface area contributed by atoms with Crippen LogP contribution >= 0.6 is 0 Å². The molecule has 1 aromatic carbocycles. The minimum atomic E-state index is 0.0389. The van der Waals surface area contributed by atoms with Crippen LogP contribution in [0.3, 0.4) is 0 Å². The zero-order chi connectivity index (χ0) is 13.5. The Hall–Kier alpha value is -1.57. The van der Waals surface area contributed by atoms with Crippen molar-refractivity contribution in [3.05, 3.63) is 41.7 Å². The molecule has 1 aliphatic heterocycles. The highest BCUT2D eigenvalue weighted by Gasteiger charge is 2.34. The molecule has 1 saturated carbocycles. The summed E-state index contributed by atoms with van der Waals surface area (Å²) in [6.45, 7) is 4.58. The third-order valence-electron chi connectivity index (χ3n) is 4.52. The maximum absolute atomic E-state index is 12.3. The largest absolute Gasteiger partial charge is 0.453 e. The second kappa shape index (κ2) is 4.52. The lowest BCUT2D eigenvalue weighted by Crippen LogP contribution is -2.27. The maximum Gasteiger partial charge on any atom is 0.231 e. The molecule has 1 unspecified atom stereocenters. The summed E-state index contributed by atoms with van der Waals surface area (Å²) in [5.41, 5.74) is 0.964. The molecule has 0 amide bonds. The van der Waals surface area contributed by atoms with E-state index in [1.807, 2.05) is 24.3 Å². The molecule has 2 heteroatoms. The quantitative estimate of drug-likeness (QED) is 0.698. The Kier molecular flexibility index (Phi) is 2.96. The number of rotatable bonds is 1. The molecule has 3 rings (SSSR count). The van der Waals surface area contributed by atoms with Gasteiger partial charge in [0.15, 0.2) is 5.76 Å². The van der Waals surface area contributed by atoms with Gasteiger partial charge >= 0.3 is 0 Å². The lowest BCUT2D eigenvalue weighted by molar-refractivity contribution is 0.101. The van der Waals surface area contributed by atoms with Crippen LogP contribution in [0.25, 0.3) is 0 Å². The summed E-state index contributed by atoms with van der Waals surface area (Å²) in [5.74, 6) is 1.71. The van der Waals surface area contributed by atoms with Gasteiger partial charge in [-0.15, -0.1) is 0 Å². The molecule has 0 radical (unpaired) electrons. The Morgan fingerprint density at radius 1 is 1.26 bits per heavy atom. The van der Waals surface area contributed by atoms with Gasteiger partial charge in [-0.05, 0) is 42.4 Å². The maximum atomic E-state index is 12.3. The Morgan fingerprint density at radius 2 is 2.05 bits per heavy atom. The van der Waals surface area contributed by atoms with Gasteiger partial charge in [0, 0.05) is 0 Å². The molecule has 1 fully saturated rings. The van der Waals surface area contributed by atoms with E-state index in [-0.39, 0.29) is 11.2 Å². The van der Waals surface area contributed by atoms with E-state index >= 15 is 0 Å². The Bertz CT molecular complexity index is 540. The van der Waals surface area contributed by atoms with Crippen molar-refractivity contribution in [2.24, 2.45) is 11.3 Å². The van der Waals surface area contributed by atoms with Crippen molar-refractivity contribution in [1.29, 1.82) is 0 Å². The Balaban J connectivity index is 1.88. The third-order valence-corrected chi connectivity index (χ3v) is 4.52. The summed E-state index contributed by atoms with van der Waals surface area (Å²) in [5, 5.41) is 0. The number of ether oxygens (including phenoxy) is 1. The van der Waals surface area contributed by atoms with Crippen molar-refractivity contribution in [2.45, 2.75) is 39.5 Å². The summed E-state index contributed by atoms with van der Waals surface area (Å²) < 4.78 is 5.73. The zero-order valence-electron chi connectivity index (χ0n) is 11.6. The molecule has 2 nitrogen and oxygen atoms in total. The second-order valence-corrected chi connectivity index (χ2v) is 6.30. The highest BCUT2D eigenvalue weighted by atomic mass is 16.5. The average molecular weight is 256 g/mol. The molecular formula is C17H20O2. The van der Waals surface area contributed by atoms with E-state index in [9.17, 15) is 4.79 Å². The first kappa shape index (κ1) is 12.5. The topological polar surface area (TPSA) is 26.3 Å². The predicted molar refractivity (Wildman–Crippen MR) is 75.2 cm³/mol. The number of hydrogen-bond acceptors (Lipinski definition) is 2. The Labute approximate surface area is 114 Å². The van der Waals surface area contributed by atoms with E-state index in [1.165, 1.54) is 19.3 Å². The zero-order valence-corrected chi connectivity index (χ0v) is 11.6. The van der Waals surface area contributed by atoms with Crippen LogP contribution in [0.4, 0.5) is 0 Å². The highest BCUT2D eigenvalue weighted by molar-refractivity contribution is 6.12. The van der Waals surface area contributed by atoms with Crippen LogP contribution < -0.4 is 4.74 Å². The van der Waals surface area contributed by atoms with Crippen molar-refractivity contribution in [3.63, 3.8) is 0 Å². The number of hydrogen-bond donors (Lipinski definition) is 0. The van der Waals surface area contributed by atoms with Crippen LogP contribution in [0.1, 0.15) is 49.9 Å². The molecule has 2 aliphatic rings. The normalized spacial score (nSPS) is 27.2. The summed E-state index contributed by atoms with van der Waals surface area (Å²) in [6, 6.07) is 7.48. The van der Waals surface area contributed by atoms with Crippen molar-refractivity contribution in [3.8, 4) is 5.75 Å². The lowest BCUT2D eigenvalue weighted by atomic mass is 9.68. The first-order valence-electron chi connectivity index (χ1n) is 7.11. The van der Waals surface area contributed by atoms with Crippen LogP contribution in [0.2, 0.25) is 0 Å². The summed E-state index contributed by atoms with van der Waals surface area (Å²) in [6.07, 6.45) is 6.99. The van der Waals surface area contributed by atoms with E-state index in [1.54, 1.807) is 0 Å². The van der Waals surface area contributed by atoms with Gasteiger partial charge in [-0.3, -0.25) is 4.79 Å². The average Bonchev–Trinajstić information content (AvgIpc) is 2.70. The first-order valence-corrected chi connectivity index (χ1v) is 7.11. The molecule has 1 atom stereocenters. The molecular weight excluding hydrogens is 236 g/mol. The number of para-hydroxylation sites is 1. The molecule has 19 heavy (non-hydrogen) atoms. The van der Waals surface area contributed by atoms with Gasteiger partial charge in [-0.2, -0.15) is 0 Å². The number of carbonyl (C=O) groups is 1. The standard InChI is InChI=1S/C17H20O2/c1-17(2)10-6-5-7-12(17)11-15-16(18)13-8-3-4-9-14(13)19-15/h3-4,8-9,11-12H,5-7,10H2,1-2H3/b15-11-. The van der Waals surface area contributed by atoms with Gasteiger partial charge < -0.3 is 4.74 Å². The number of ketones is 1. The molecule has 0 spiro atoms. The number of carbonyl (C=O) groups excluding carboxylic acids is 1. The van der Waals surface area contributed by atoms with E-state index in [0.717, 1.165) is 6.42 Å². The van der Waals surface area contributed by atoms with Crippen LogP contribution in [0.5, 0.6) is 5.75 Å². The van der Waals surface area contributed by atoms with E-state index < -0.39 is 0 Å². The molecule has 1 heterocycles. The molecule has 0 N–H and O–H groups in total. The van der Waals surface area contributed by atoms with Crippen LogP contribution in [-0.4, -0.2) is 5.78 Å². The van der Waals surface area contributed by atoms with E-state index in [0.29, 0.717) is 23.0 Å². The summed E-state index contributed by atoms with van der Waals surface area (Å²) >= 11 is 0. The number of Topliss-reactive ketones (excluding diaryl/α,β-unsaturated/α-hetero) is 1. The predicted octanol–water partition coefficient (Wildman–Crippen LogP) is 4.36. The summed E-state index contributed by atoms with van der Waals surface area (Å²) in [4.78, 5) is 12.3. The minimum Gasteiger partial charge on any atom is -0.453 e. The third kappa shape index (κ3) is 2.20. The fourth-order valence-corrected chi connectivity index (χ4v) is 3.16. The fourth-order valence-electron chi connectivity index (χ4n) is 3.16. The van der Waals surface area contributed by atoms with Crippen LogP contribution in [0.15, 0.2) is 36.1 Å². The summed E-state index contributed by atoms with van der Waals surface area (Å²) in [7, 11) is 0. The molecule has 1 aromatic rings. The van der Waals surface area contributed by atoms with Crippen LogP contribution in [0, 0.1) is 11.3 Å². The van der Waals surface area contributed by atoms with Gasteiger partial charge in [0.05, 0.1) is 5.56 Å². The van der Waals surface area contributed by atoms with Gasteiger partial charge in [0.25, 0.3) is 0 Å². The van der Waals surface area contributed by atoms with Crippen molar-refractivity contribution >= 4 is 5.78 Å². The van der Waals surface area contributed by atoms with E-state index in [2.05, 4.69) is 19.9 Å². The van der Waals surface area contributed by atoms with Gasteiger partial charge in [-0.1, -0.05) is 38.8 Å². The highest BCUT2D eigenvalue weighted by Crippen LogP contribution is 2.43. The lowest BCUT2D eigenvalue weighted by Gasteiger charge is -2.36. The smallest absolute Gasteiger partial charge is 0.231 e. The van der Waals surface area contributed by atoms with Gasteiger partial charge in [0.1, 0.15) is 5.75 Å². The van der Waals surface area contributed by atoms with Crippen LogP contribution in [-0.2, 0) is 0 Å². The van der Waals surface area contributed by atoms with E-state index in [4.69, 9.17) is 4.74 Å². The molecule has 0 aromatic heterocycles. The molecule has 0 bridgehead atoms.